The summed E-state index contributed by atoms with van der Waals surface area (Å²) in [5.41, 5.74) is 2.77. The molecule has 0 N–H and O–H groups in total. The number of hydrogen-bond acceptors (Lipinski definition) is 3. The highest BCUT2D eigenvalue weighted by molar-refractivity contribution is 7.10. The van der Waals surface area contributed by atoms with Gasteiger partial charge in [-0.3, -0.25) is 9.59 Å². The van der Waals surface area contributed by atoms with Gasteiger partial charge in [0.25, 0.3) is 5.91 Å². The molecule has 1 saturated heterocycles. The van der Waals surface area contributed by atoms with Crippen molar-refractivity contribution in [3.63, 3.8) is 0 Å². The van der Waals surface area contributed by atoms with E-state index in [4.69, 9.17) is 0 Å². The summed E-state index contributed by atoms with van der Waals surface area (Å²) in [5, 5.41) is 2.10. The van der Waals surface area contributed by atoms with Crippen LogP contribution in [0.1, 0.15) is 33.6 Å². The fraction of sp³-hybridized carbons (Fsp3) is 0.333. The molecule has 2 aromatic rings. The molecule has 2 aliphatic heterocycles. The van der Waals surface area contributed by atoms with Crippen molar-refractivity contribution in [2.45, 2.75) is 25.8 Å². The van der Waals surface area contributed by atoms with Crippen molar-refractivity contribution in [2.75, 3.05) is 18.0 Å². The first-order valence-electron chi connectivity index (χ1n) is 7.97. The normalized spacial score (nSPS) is 17.5. The molecule has 0 spiro atoms. The minimum atomic E-state index is 0.0512. The number of thiophene rings is 1. The van der Waals surface area contributed by atoms with E-state index < -0.39 is 0 Å². The number of fused-ring (bicyclic) bond motifs is 1. The zero-order valence-corrected chi connectivity index (χ0v) is 13.6. The molecule has 4 rings (SSSR count). The lowest BCUT2D eigenvalue weighted by molar-refractivity contribution is -0.117. The van der Waals surface area contributed by atoms with Crippen molar-refractivity contribution in [2.24, 2.45) is 0 Å². The Balaban J connectivity index is 1.56. The molecule has 0 radical (unpaired) electrons. The number of hydrogen-bond donors (Lipinski definition) is 0. The number of anilines is 1. The Kier molecular flexibility index (Phi) is 3.65. The Morgan fingerprint density at radius 2 is 2.04 bits per heavy atom. The molecule has 1 aromatic heterocycles. The molecule has 5 heteroatoms. The topological polar surface area (TPSA) is 40.6 Å². The van der Waals surface area contributed by atoms with Gasteiger partial charge in [-0.2, -0.15) is 0 Å². The quantitative estimate of drug-likeness (QED) is 0.851. The van der Waals surface area contributed by atoms with E-state index in [0.717, 1.165) is 31.6 Å². The van der Waals surface area contributed by atoms with Gasteiger partial charge in [-0.05, 0) is 48.1 Å². The van der Waals surface area contributed by atoms with Crippen LogP contribution in [-0.2, 0) is 17.8 Å². The number of carbonyl (C=O) groups is 2. The first kappa shape index (κ1) is 14.5. The number of carbonyl (C=O) groups excluding carboxylic acids is 2. The molecule has 118 valence electrons. The van der Waals surface area contributed by atoms with Crippen LogP contribution in [0, 0.1) is 0 Å². The van der Waals surface area contributed by atoms with Crippen LogP contribution < -0.4 is 4.90 Å². The molecule has 1 aromatic carbocycles. The third-order valence-corrected chi connectivity index (χ3v) is 5.60. The summed E-state index contributed by atoms with van der Waals surface area (Å²) in [6.45, 7) is 2.20. The van der Waals surface area contributed by atoms with Gasteiger partial charge < -0.3 is 9.80 Å². The van der Waals surface area contributed by atoms with Gasteiger partial charge in [-0.25, -0.2) is 0 Å². The van der Waals surface area contributed by atoms with Gasteiger partial charge in [-0.15, -0.1) is 11.3 Å². The molecule has 2 amide bonds. The number of nitrogens with zero attached hydrogens (tertiary/aromatic N) is 2. The highest BCUT2D eigenvalue weighted by Crippen LogP contribution is 2.27. The van der Waals surface area contributed by atoms with E-state index in [-0.39, 0.29) is 11.8 Å². The second-order valence-corrected chi connectivity index (χ2v) is 7.05. The molecule has 1 fully saturated rings. The summed E-state index contributed by atoms with van der Waals surface area (Å²) in [6, 6.07) is 9.59. The van der Waals surface area contributed by atoms with Crippen molar-refractivity contribution in [1.82, 2.24) is 4.90 Å². The first-order valence-corrected chi connectivity index (χ1v) is 8.85. The maximum atomic E-state index is 12.8. The molecule has 0 aliphatic carbocycles. The summed E-state index contributed by atoms with van der Waals surface area (Å²) in [4.78, 5) is 29.8. The number of benzene rings is 1. The lowest BCUT2D eigenvalue weighted by atomic mass is 10.1. The van der Waals surface area contributed by atoms with Crippen LogP contribution >= 0.6 is 11.3 Å². The summed E-state index contributed by atoms with van der Waals surface area (Å²) >= 11 is 1.77. The second kappa shape index (κ2) is 5.81. The SMILES string of the molecule is O=C(c1cccc(N2CCCC2=O)c1)N1CCc2sccc2C1. The molecule has 2 aliphatic rings. The Morgan fingerprint density at radius 3 is 2.87 bits per heavy atom. The van der Waals surface area contributed by atoms with Crippen LogP contribution in [-0.4, -0.2) is 29.8 Å². The third kappa shape index (κ3) is 2.65. The molecule has 0 bridgehead atoms. The fourth-order valence-electron chi connectivity index (χ4n) is 3.33. The summed E-state index contributed by atoms with van der Waals surface area (Å²) < 4.78 is 0. The highest BCUT2D eigenvalue weighted by atomic mass is 32.1. The summed E-state index contributed by atoms with van der Waals surface area (Å²) in [5.74, 6) is 0.200. The molecule has 0 unspecified atom stereocenters. The van der Waals surface area contributed by atoms with Crippen LogP contribution in [0.5, 0.6) is 0 Å². The van der Waals surface area contributed by atoms with Gasteiger partial charge in [0.05, 0.1) is 0 Å². The average molecular weight is 326 g/mol. The molecule has 0 atom stereocenters. The van der Waals surface area contributed by atoms with E-state index in [1.54, 1.807) is 16.2 Å². The van der Waals surface area contributed by atoms with Crippen LogP contribution in [0.3, 0.4) is 0 Å². The van der Waals surface area contributed by atoms with Gasteiger partial charge >= 0.3 is 0 Å². The van der Waals surface area contributed by atoms with E-state index in [1.807, 2.05) is 29.2 Å². The van der Waals surface area contributed by atoms with Gasteiger partial charge in [0, 0.05) is 42.2 Å². The lowest BCUT2D eigenvalue weighted by Crippen LogP contribution is -2.35. The largest absolute Gasteiger partial charge is 0.334 e. The van der Waals surface area contributed by atoms with Crippen LogP contribution in [0.25, 0.3) is 0 Å². The molecule has 23 heavy (non-hydrogen) atoms. The van der Waals surface area contributed by atoms with Crippen molar-refractivity contribution in [3.8, 4) is 0 Å². The molecular weight excluding hydrogens is 308 g/mol. The zero-order chi connectivity index (χ0) is 15.8. The maximum absolute atomic E-state index is 12.8. The molecule has 3 heterocycles. The van der Waals surface area contributed by atoms with Crippen LogP contribution in [0.15, 0.2) is 35.7 Å². The van der Waals surface area contributed by atoms with E-state index in [1.165, 1.54) is 10.4 Å². The molecule has 4 nitrogen and oxygen atoms in total. The van der Waals surface area contributed by atoms with Crippen molar-refractivity contribution in [1.29, 1.82) is 0 Å². The molecular formula is C18H18N2O2S. The maximum Gasteiger partial charge on any atom is 0.254 e. The van der Waals surface area contributed by atoms with E-state index in [0.29, 0.717) is 18.5 Å². The summed E-state index contributed by atoms with van der Waals surface area (Å²) in [6.07, 6.45) is 2.43. The van der Waals surface area contributed by atoms with Crippen molar-refractivity contribution >= 4 is 28.8 Å². The smallest absolute Gasteiger partial charge is 0.254 e. The van der Waals surface area contributed by atoms with E-state index in [2.05, 4.69) is 11.4 Å². The first-order chi connectivity index (χ1) is 11.2. The van der Waals surface area contributed by atoms with Crippen molar-refractivity contribution < 1.29 is 9.59 Å². The second-order valence-electron chi connectivity index (χ2n) is 6.04. The Bertz CT molecular complexity index is 768. The lowest BCUT2D eigenvalue weighted by Gasteiger charge is -2.27. The van der Waals surface area contributed by atoms with Crippen LogP contribution in [0.4, 0.5) is 5.69 Å². The van der Waals surface area contributed by atoms with Crippen LogP contribution in [0.2, 0.25) is 0 Å². The fourth-order valence-corrected chi connectivity index (χ4v) is 4.22. The molecule has 0 saturated carbocycles. The van der Waals surface area contributed by atoms with E-state index in [9.17, 15) is 9.59 Å². The number of amides is 2. The average Bonchev–Trinajstić information content (AvgIpc) is 3.22. The highest BCUT2D eigenvalue weighted by Gasteiger charge is 2.25. The predicted octanol–water partition coefficient (Wildman–Crippen LogP) is 3.07. The zero-order valence-electron chi connectivity index (χ0n) is 12.8. The minimum absolute atomic E-state index is 0.0512. The monoisotopic (exact) mass is 326 g/mol. The Morgan fingerprint density at radius 1 is 1.13 bits per heavy atom. The van der Waals surface area contributed by atoms with Gasteiger partial charge in [0.2, 0.25) is 5.91 Å². The Hall–Kier alpha value is -2.14. The van der Waals surface area contributed by atoms with E-state index >= 15 is 0 Å². The Labute approximate surface area is 139 Å². The van der Waals surface area contributed by atoms with Crippen molar-refractivity contribution in [3.05, 3.63) is 51.7 Å². The standard InChI is InChI=1S/C18H18N2O2S/c21-17-5-2-8-20(17)15-4-1-3-13(11-15)18(22)19-9-6-16-14(12-19)7-10-23-16/h1,3-4,7,10-11H,2,5-6,8-9,12H2. The number of rotatable bonds is 2. The van der Waals surface area contributed by atoms with Gasteiger partial charge in [0.15, 0.2) is 0 Å². The predicted molar refractivity (Wildman–Crippen MR) is 90.8 cm³/mol. The third-order valence-electron chi connectivity index (χ3n) is 4.57. The summed E-state index contributed by atoms with van der Waals surface area (Å²) in [7, 11) is 0. The van der Waals surface area contributed by atoms with Gasteiger partial charge in [0.1, 0.15) is 0 Å². The van der Waals surface area contributed by atoms with Gasteiger partial charge in [-0.1, -0.05) is 6.07 Å². The minimum Gasteiger partial charge on any atom is -0.334 e.